The summed E-state index contributed by atoms with van der Waals surface area (Å²) >= 11 is 0. The molecular weight excluding hydrogens is 300 g/mol. The molecule has 0 aliphatic carbocycles. The van der Waals surface area contributed by atoms with E-state index in [2.05, 4.69) is 5.16 Å². The molecule has 0 saturated carbocycles. The highest BCUT2D eigenvalue weighted by molar-refractivity contribution is 6.39. The summed E-state index contributed by atoms with van der Waals surface area (Å²) in [4.78, 5) is 20.2. The summed E-state index contributed by atoms with van der Waals surface area (Å²) in [7, 11) is 0. The fourth-order valence-electron chi connectivity index (χ4n) is 2.78. The lowest BCUT2D eigenvalue weighted by atomic mass is 10.0. The van der Waals surface area contributed by atoms with Crippen LogP contribution in [0, 0.1) is 0 Å². The predicted molar refractivity (Wildman–Crippen MR) is 94.4 cm³/mol. The lowest BCUT2D eigenvalue weighted by molar-refractivity contribution is -0.126. The van der Waals surface area contributed by atoms with Crippen LogP contribution in [0.5, 0.6) is 0 Å². The molecule has 0 bridgehead atoms. The van der Waals surface area contributed by atoms with Crippen molar-refractivity contribution in [3.8, 4) is 0 Å². The van der Waals surface area contributed by atoms with Gasteiger partial charge in [-0.25, -0.2) is 0 Å². The second kappa shape index (κ2) is 7.30. The van der Waals surface area contributed by atoms with E-state index in [0.29, 0.717) is 18.7 Å². The van der Waals surface area contributed by atoms with E-state index >= 15 is 0 Å². The second-order valence-electron chi connectivity index (χ2n) is 6.26. The number of hydrogen-bond donors (Lipinski definition) is 0. The zero-order valence-corrected chi connectivity index (χ0v) is 14.1. The van der Waals surface area contributed by atoms with Crippen LogP contribution in [0.15, 0.2) is 65.8 Å². The third-order valence-corrected chi connectivity index (χ3v) is 4.17. The van der Waals surface area contributed by atoms with Crippen LogP contribution in [0.2, 0.25) is 0 Å². The lowest BCUT2D eigenvalue weighted by Crippen LogP contribution is -2.40. The highest BCUT2D eigenvalue weighted by Crippen LogP contribution is 2.28. The zero-order chi connectivity index (χ0) is 16.9. The zero-order valence-electron chi connectivity index (χ0n) is 14.1. The molecule has 1 amide bonds. The van der Waals surface area contributed by atoms with Crippen molar-refractivity contribution in [2.75, 3.05) is 0 Å². The van der Waals surface area contributed by atoms with Crippen LogP contribution in [0.3, 0.4) is 0 Å². The summed E-state index contributed by atoms with van der Waals surface area (Å²) in [6, 6.07) is 20.0. The van der Waals surface area contributed by atoms with Crippen molar-refractivity contribution < 1.29 is 9.63 Å². The molecule has 0 N–H and O–H groups in total. The standard InChI is InChI=1S/C20H22N2O2/c1-15(2)22(14-16-9-5-3-6-10-16)20(23)18-13-19(24-21-18)17-11-7-4-8-12-17/h3-12,15,19H,13-14H2,1-2H3/t19-/m0/s1. The van der Waals surface area contributed by atoms with Crippen molar-refractivity contribution in [2.45, 2.75) is 39.0 Å². The highest BCUT2D eigenvalue weighted by Gasteiger charge is 2.31. The molecule has 2 aromatic carbocycles. The van der Waals surface area contributed by atoms with Crippen molar-refractivity contribution in [2.24, 2.45) is 5.16 Å². The number of nitrogens with zero attached hydrogens (tertiary/aromatic N) is 2. The Morgan fingerprint density at radius 2 is 1.75 bits per heavy atom. The first-order valence-electron chi connectivity index (χ1n) is 8.27. The Kier molecular flexibility index (Phi) is 4.94. The van der Waals surface area contributed by atoms with Crippen LogP contribution >= 0.6 is 0 Å². The van der Waals surface area contributed by atoms with Gasteiger partial charge < -0.3 is 9.74 Å². The van der Waals surface area contributed by atoms with Gasteiger partial charge in [-0.15, -0.1) is 0 Å². The van der Waals surface area contributed by atoms with Crippen molar-refractivity contribution in [1.82, 2.24) is 4.90 Å². The van der Waals surface area contributed by atoms with Gasteiger partial charge in [0.15, 0.2) is 6.10 Å². The lowest BCUT2D eigenvalue weighted by Gasteiger charge is -2.26. The average Bonchev–Trinajstić information content (AvgIpc) is 3.11. The second-order valence-corrected chi connectivity index (χ2v) is 6.26. The van der Waals surface area contributed by atoms with E-state index in [-0.39, 0.29) is 18.1 Å². The van der Waals surface area contributed by atoms with Gasteiger partial charge in [-0.2, -0.15) is 0 Å². The molecule has 4 heteroatoms. The minimum absolute atomic E-state index is 0.0488. The van der Waals surface area contributed by atoms with Crippen LogP contribution < -0.4 is 0 Å². The first-order chi connectivity index (χ1) is 11.6. The molecule has 124 valence electrons. The van der Waals surface area contributed by atoms with Gasteiger partial charge >= 0.3 is 0 Å². The number of amides is 1. The number of benzene rings is 2. The topological polar surface area (TPSA) is 41.9 Å². The van der Waals surface area contributed by atoms with Crippen molar-refractivity contribution in [1.29, 1.82) is 0 Å². The van der Waals surface area contributed by atoms with Gasteiger partial charge in [-0.1, -0.05) is 65.8 Å². The van der Waals surface area contributed by atoms with E-state index in [1.54, 1.807) is 0 Å². The van der Waals surface area contributed by atoms with E-state index in [0.717, 1.165) is 11.1 Å². The van der Waals surface area contributed by atoms with Gasteiger partial charge in [-0.05, 0) is 25.0 Å². The van der Waals surface area contributed by atoms with Crippen molar-refractivity contribution in [3.05, 3.63) is 71.8 Å². The maximum Gasteiger partial charge on any atom is 0.272 e. The van der Waals surface area contributed by atoms with E-state index < -0.39 is 0 Å². The Bertz CT molecular complexity index is 711. The molecule has 0 saturated heterocycles. The predicted octanol–water partition coefficient (Wildman–Crippen LogP) is 3.94. The summed E-state index contributed by atoms with van der Waals surface area (Å²) < 4.78 is 0. The van der Waals surface area contributed by atoms with Crippen LogP contribution in [-0.4, -0.2) is 22.6 Å². The Balaban J connectivity index is 1.70. The fraction of sp³-hybridized carbons (Fsp3) is 0.300. The van der Waals surface area contributed by atoms with Gasteiger partial charge in [0.1, 0.15) is 5.71 Å². The SMILES string of the molecule is CC(C)N(Cc1ccccc1)C(=O)C1=NO[C@H](c2ccccc2)C1. The smallest absolute Gasteiger partial charge is 0.272 e. The Hall–Kier alpha value is -2.62. The molecule has 1 atom stereocenters. The summed E-state index contributed by atoms with van der Waals surface area (Å²) in [6.45, 7) is 4.62. The number of oxime groups is 1. The Morgan fingerprint density at radius 3 is 2.38 bits per heavy atom. The molecule has 0 fully saturated rings. The van der Waals surface area contributed by atoms with Gasteiger partial charge in [0.05, 0.1) is 0 Å². The normalized spacial score (nSPS) is 16.6. The van der Waals surface area contributed by atoms with Crippen molar-refractivity contribution >= 4 is 11.6 Å². The Labute approximate surface area is 142 Å². The van der Waals surface area contributed by atoms with Gasteiger partial charge in [0.2, 0.25) is 0 Å². The van der Waals surface area contributed by atoms with Crippen LogP contribution in [0.25, 0.3) is 0 Å². The molecule has 0 radical (unpaired) electrons. The van der Waals surface area contributed by atoms with E-state index in [1.165, 1.54) is 0 Å². The summed E-state index contributed by atoms with van der Waals surface area (Å²) in [5, 5.41) is 4.06. The molecule has 0 spiro atoms. The molecule has 4 nitrogen and oxygen atoms in total. The number of carbonyl (C=O) groups is 1. The maximum absolute atomic E-state index is 12.9. The summed E-state index contributed by atoms with van der Waals surface area (Å²) in [5.74, 6) is -0.0488. The fourth-order valence-corrected chi connectivity index (χ4v) is 2.78. The molecule has 1 aliphatic rings. The number of rotatable bonds is 5. The average molecular weight is 322 g/mol. The monoisotopic (exact) mass is 322 g/mol. The molecule has 2 aromatic rings. The highest BCUT2D eigenvalue weighted by atomic mass is 16.6. The molecular formula is C20H22N2O2. The summed E-state index contributed by atoms with van der Waals surface area (Å²) in [5.41, 5.74) is 2.65. The van der Waals surface area contributed by atoms with Crippen molar-refractivity contribution in [3.63, 3.8) is 0 Å². The van der Waals surface area contributed by atoms with Gasteiger partial charge in [0, 0.05) is 19.0 Å². The Morgan fingerprint density at radius 1 is 1.12 bits per heavy atom. The van der Waals surface area contributed by atoms with Crippen LogP contribution in [0.4, 0.5) is 0 Å². The number of hydrogen-bond acceptors (Lipinski definition) is 3. The molecule has 24 heavy (non-hydrogen) atoms. The molecule has 0 aromatic heterocycles. The first kappa shape index (κ1) is 16.2. The third-order valence-electron chi connectivity index (χ3n) is 4.17. The van der Waals surface area contributed by atoms with Gasteiger partial charge in [0.25, 0.3) is 5.91 Å². The van der Waals surface area contributed by atoms with Gasteiger partial charge in [-0.3, -0.25) is 4.79 Å². The number of carbonyl (C=O) groups excluding carboxylic acids is 1. The molecule has 3 rings (SSSR count). The maximum atomic E-state index is 12.9. The molecule has 0 unspecified atom stereocenters. The largest absolute Gasteiger partial charge is 0.387 e. The summed E-state index contributed by atoms with van der Waals surface area (Å²) in [6.07, 6.45) is 0.344. The van der Waals surface area contributed by atoms with E-state index in [1.807, 2.05) is 79.4 Å². The first-order valence-corrected chi connectivity index (χ1v) is 8.27. The van der Waals surface area contributed by atoms with E-state index in [4.69, 9.17) is 4.84 Å². The minimum atomic E-state index is -0.170. The van der Waals surface area contributed by atoms with E-state index in [9.17, 15) is 4.79 Å². The third kappa shape index (κ3) is 3.65. The van der Waals surface area contributed by atoms with Crippen LogP contribution in [0.1, 0.15) is 37.5 Å². The molecule has 1 aliphatic heterocycles. The quantitative estimate of drug-likeness (QED) is 0.836. The minimum Gasteiger partial charge on any atom is -0.387 e. The molecule has 1 heterocycles. The van der Waals surface area contributed by atoms with Crippen LogP contribution in [-0.2, 0) is 16.2 Å².